The van der Waals surface area contributed by atoms with Gasteiger partial charge < -0.3 is 14.8 Å². The molecule has 1 aliphatic rings. The molecule has 1 fully saturated rings. The van der Waals surface area contributed by atoms with E-state index < -0.39 is 0 Å². The van der Waals surface area contributed by atoms with Crippen molar-refractivity contribution in [3.8, 4) is 0 Å². The van der Waals surface area contributed by atoms with Crippen LogP contribution in [0.1, 0.15) is 49.6 Å². The topological polar surface area (TPSA) is 50.2 Å². The Hall–Kier alpha value is -2.30. The van der Waals surface area contributed by atoms with E-state index >= 15 is 0 Å². The number of carbonyl (C=O) groups is 1. The van der Waals surface area contributed by atoms with Crippen molar-refractivity contribution in [3.63, 3.8) is 0 Å². The van der Waals surface area contributed by atoms with Crippen LogP contribution in [0.15, 0.2) is 36.7 Å². The van der Waals surface area contributed by atoms with Crippen LogP contribution in [0.25, 0.3) is 0 Å². The van der Waals surface area contributed by atoms with Crippen molar-refractivity contribution < 1.29 is 4.79 Å². The van der Waals surface area contributed by atoms with Crippen molar-refractivity contribution in [2.75, 3.05) is 7.05 Å². The molecule has 0 saturated heterocycles. The maximum atomic E-state index is 12.5. The minimum Gasteiger partial charge on any atom is -0.334 e. The highest BCUT2D eigenvalue weighted by Gasteiger charge is 2.24. The number of benzene rings is 1. The molecule has 0 spiro atoms. The summed E-state index contributed by atoms with van der Waals surface area (Å²) >= 11 is 0. The van der Waals surface area contributed by atoms with Gasteiger partial charge in [-0.3, -0.25) is 0 Å². The molecule has 0 atom stereocenters. The molecule has 0 bridgehead atoms. The predicted octanol–water partition coefficient (Wildman–Crippen LogP) is 3.96. The quantitative estimate of drug-likeness (QED) is 0.883. The molecule has 0 unspecified atom stereocenters. The third kappa shape index (κ3) is 4.65. The van der Waals surface area contributed by atoms with E-state index in [1.807, 2.05) is 31.3 Å². The van der Waals surface area contributed by atoms with Crippen LogP contribution in [0.4, 0.5) is 4.79 Å². The molecular weight excluding hydrogens is 324 g/mol. The Morgan fingerprint density at radius 1 is 1.27 bits per heavy atom. The molecule has 1 N–H and O–H groups in total. The van der Waals surface area contributed by atoms with Gasteiger partial charge in [0.15, 0.2) is 0 Å². The number of amides is 2. The normalized spacial score (nSPS) is 20.0. The number of carbonyl (C=O) groups excluding carboxylic acids is 1. The van der Waals surface area contributed by atoms with E-state index in [9.17, 15) is 4.79 Å². The summed E-state index contributed by atoms with van der Waals surface area (Å²) in [7, 11) is 1.92. The Morgan fingerprint density at radius 3 is 2.69 bits per heavy atom. The van der Waals surface area contributed by atoms with Crippen LogP contribution < -0.4 is 5.32 Å². The van der Waals surface area contributed by atoms with Crippen molar-refractivity contribution in [3.05, 3.63) is 53.6 Å². The van der Waals surface area contributed by atoms with Crippen molar-refractivity contribution >= 4 is 6.03 Å². The zero-order chi connectivity index (χ0) is 18.5. The van der Waals surface area contributed by atoms with E-state index in [4.69, 9.17) is 0 Å². The molecule has 0 radical (unpaired) electrons. The Balaban J connectivity index is 1.53. The van der Waals surface area contributed by atoms with E-state index in [0.29, 0.717) is 12.6 Å². The molecule has 2 amide bonds. The zero-order valence-corrected chi connectivity index (χ0v) is 16.1. The molecule has 140 valence electrons. The molecule has 1 aromatic carbocycles. The molecular formula is C21H30N4O. The molecule has 1 aliphatic carbocycles. The second-order valence-electron chi connectivity index (χ2n) is 7.61. The molecule has 26 heavy (non-hydrogen) atoms. The first-order valence-corrected chi connectivity index (χ1v) is 9.59. The lowest BCUT2D eigenvalue weighted by Crippen LogP contribution is -2.44. The number of nitrogens with zero attached hydrogens (tertiary/aromatic N) is 3. The lowest BCUT2D eigenvalue weighted by molar-refractivity contribution is 0.163. The van der Waals surface area contributed by atoms with Crippen LogP contribution in [0.5, 0.6) is 0 Å². The second kappa shape index (κ2) is 8.39. The Morgan fingerprint density at radius 2 is 2.00 bits per heavy atom. The molecule has 1 heterocycles. The van der Waals surface area contributed by atoms with Gasteiger partial charge in [-0.1, -0.05) is 31.2 Å². The molecule has 0 aliphatic heterocycles. The molecule has 3 rings (SSSR count). The highest BCUT2D eigenvalue weighted by Crippen LogP contribution is 2.26. The zero-order valence-electron chi connectivity index (χ0n) is 16.1. The average molecular weight is 354 g/mol. The van der Waals surface area contributed by atoms with Crippen molar-refractivity contribution in [1.29, 1.82) is 0 Å². The summed E-state index contributed by atoms with van der Waals surface area (Å²) in [5.74, 6) is 1.80. The maximum absolute atomic E-state index is 12.5. The van der Waals surface area contributed by atoms with Crippen LogP contribution in [0.3, 0.4) is 0 Å². The van der Waals surface area contributed by atoms with Gasteiger partial charge in [-0.05, 0) is 49.7 Å². The van der Waals surface area contributed by atoms with Gasteiger partial charge in [0, 0.05) is 38.6 Å². The summed E-state index contributed by atoms with van der Waals surface area (Å²) in [5, 5.41) is 3.07. The van der Waals surface area contributed by atoms with E-state index in [0.717, 1.165) is 36.7 Å². The molecule has 1 aromatic heterocycles. The summed E-state index contributed by atoms with van der Waals surface area (Å²) in [6.07, 6.45) is 8.48. The van der Waals surface area contributed by atoms with Gasteiger partial charge in [0.05, 0.1) is 0 Å². The first-order valence-electron chi connectivity index (χ1n) is 9.59. The Labute approximate surface area is 156 Å². The van der Waals surface area contributed by atoms with Crippen LogP contribution in [0, 0.1) is 12.8 Å². The third-order valence-electron chi connectivity index (χ3n) is 5.57. The first kappa shape index (κ1) is 18.5. The Bertz CT molecular complexity index is 731. The van der Waals surface area contributed by atoms with Gasteiger partial charge in [-0.25, -0.2) is 9.78 Å². The highest BCUT2D eigenvalue weighted by atomic mass is 16.2. The van der Waals surface area contributed by atoms with Gasteiger partial charge in [-0.15, -0.1) is 0 Å². The van der Waals surface area contributed by atoms with E-state index in [1.165, 1.54) is 18.4 Å². The number of aromatic nitrogens is 2. The van der Waals surface area contributed by atoms with E-state index in [1.54, 1.807) is 0 Å². The van der Waals surface area contributed by atoms with Crippen LogP contribution in [-0.4, -0.2) is 33.6 Å². The monoisotopic (exact) mass is 354 g/mol. The molecule has 2 aromatic rings. The van der Waals surface area contributed by atoms with Crippen LogP contribution in [-0.2, 0) is 13.1 Å². The summed E-state index contributed by atoms with van der Waals surface area (Å²) in [6, 6.07) is 8.78. The van der Waals surface area contributed by atoms with Crippen molar-refractivity contribution in [1.82, 2.24) is 19.8 Å². The van der Waals surface area contributed by atoms with E-state index in [2.05, 4.69) is 46.1 Å². The minimum absolute atomic E-state index is 0.0282. The fourth-order valence-corrected chi connectivity index (χ4v) is 3.70. The molecule has 1 saturated carbocycles. The number of aryl methyl sites for hydroxylation is 1. The van der Waals surface area contributed by atoms with Crippen molar-refractivity contribution in [2.45, 2.75) is 58.7 Å². The van der Waals surface area contributed by atoms with E-state index in [-0.39, 0.29) is 6.03 Å². The standard InChI is InChI=1S/C21H30N4O/c1-16-7-9-20(10-8-16)24(3)21(26)23-14-18-5-4-6-19(13-18)15-25-12-11-22-17(25)2/h4-6,11-13,16,20H,7-10,14-15H2,1-3H3,(H,23,26). The summed E-state index contributed by atoms with van der Waals surface area (Å²) in [4.78, 5) is 18.6. The van der Waals surface area contributed by atoms with Gasteiger partial charge in [0.2, 0.25) is 0 Å². The van der Waals surface area contributed by atoms with Gasteiger partial charge >= 0.3 is 6.03 Å². The number of nitrogens with one attached hydrogen (secondary N) is 1. The minimum atomic E-state index is 0.0282. The van der Waals surface area contributed by atoms with Crippen LogP contribution >= 0.6 is 0 Å². The fourth-order valence-electron chi connectivity index (χ4n) is 3.70. The average Bonchev–Trinajstić information content (AvgIpc) is 3.05. The van der Waals surface area contributed by atoms with Crippen LogP contribution in [0.2, 0.25) is 0 Å². The largest absolute Gasteiger partial charge is 0.334 e. The Kier molecular flexibility index (Phi) is 5.96. The SMILES string of the molecule is Cc1nccn1Cc1cccc(CNC(=O)N(C)C2CCC(C)CC2)c1. The number of imidazole rings is 1. The lowest BCUT2D eigenvalue weighted by Gasteiger charge is -2.33. The number of urea groups is 1. The second-order valence-corrected chi connectivity index (χ2v) is 7.61. The third-order valence-corrected chi connectivity index (χ3v) is 5.57. The van der Waals surface area contributed by atoms with Gasteiger partial charge in [-0.2, -0.15) is 0 Å². The predicted molar refractivity (Wildman–Crippen MR) is 104 cm³/mol. The maximum Gasteiger partial charge on any atom is 0.317 e. The first-order chi connectivity index (χ1) is 12.5. The summed E-state index contributed by atoms with van der Waals surface area (Å²) in [6.45, 7) is 5.66. The van der Waals surface area contributed by atoms with Gasteiger partial charge in [0.25, 0.3) is 0 Å². The lowest BCUT2D eigenvalue weighted by atomic mass is 9.87. The summed E-state index contributed by atoms with van der Waals surface area (Å²) < 4.78 is 2.12. The molecule has 5 nitrogen and oxygen atoms in total. The summed E-state index contributed by atoms with van der Waals surface area (Å²) in [5.41, 5.74) is 2.34. The smallest absolute Gasteiger partial charge is 0.317 e. The van der Waals surface area contributed by atoms with Crippen molar-refractivity contribution in [2.24, 2.45) is 5.92 Å². The number of hydrogen-bond acceptors (Lipinski definition) is 2. The fraction of sp³-hybridized carbons (Fsp3) is 0.524. The molecule has 5 heteroatoms. The van der Waals surface area contributed by atoms with Gasteiger partial charge in [0.1, 0.15) is 5.82 Å². The number of rotatable bonds is 5. The highest BCUT2D eigenvalue weighted by molar-refractivity contribution is 5.74. The number of hydrogen-bond donors (Lipinski definition) is 1.